The molecule has 1 aliphatic rings. The molecular formula is C35H37N5O3. The maximum Gasteiger partial charge on any atom is 0.323 e. The highest BCUT2D eigenvalue weighted by Crippen LogP contribution is 2.31. The van der Waals surface area contributed by atoms with Gasteiger partial charge in [0.1, 0.15) is 6.04 Å². The number of rotatable bonds is 8. The summed E-state index contributed by atoms with van der Waals surface area (Å²) in [7, 11) is 0. The van der Waals surface area contributed by atoms with Crippen LogP contribution in [0.1, 0.15) is 37.8 Å². The zero-order valence-electron chi connectivity index (χ0n) is 24.5. The van der Waals surface area contributed by atoms with Crippen LogP contribution in [0.3, 0.4) is 0 Å². The SMILES string of the molecule is CC(C)(N)CC(=O)N[C@@H]1CCc2ccccc2N(Cc2ccc(-c3ccccc3NC(=O)Nc3ccccc3)cc2)C1=O. The Balaban J connectivity index is 1.34. The third kappa shape index (κ3) is 7.67. The number of nitrogens with zero attached hydrogens (tertiary/aromatic N) is 1. The van der Waals surface area contributed by atoms with Gasteiger partial charge in [0.2, 0.25) is 11.8 Å². The molecule has 1 atom stereocenters. The van der Waals surface area contributed by atoms with Crippen LogP contribution in [0.25, 0.3) is 11.1 Å². The Morgan fingerprint density at radius 2 is 1.53 bits per heavy atom. The molecule has 0 unspecified atom stereocenters. The Morgan fingerprint density at radius 1 is 0.860 bits per heavy atom. The minimum absolute atomic E-state index is 0.134. The summed E-state index contributed by atoms with van der Waals surface area (Å²) >= 11 is 0. The summed E-state index contributed by atoms with van der Waals surface area (Å²) in [5.74, 6) is -0.373. The van der Waals surface area contributed by atoms with Crippen LogP contribution < -0.4 is 26.6 Å². The summed E-state index contributed by atoms with van der Waals surface area (Å²) in [6.07, 6.45) is 1.33. The summed E-state index contributed by atoms with van der Waals surface area (Å²) in [6, 6.07) is 31.8. The number of aryl methyl sites for hydroxylation is 1. The number of urea groups is 1. The number of nitrogens with one attached hydrogen (secondary N) is 3. The molecule has 5 rings (SSSR count). The highest BCUT2D eigenvalue weighted by atomic mass is 16.2. The first-order valence-corrected chi connectivity index (χ1v) is 14.5. The fourth-order valence-corrected chi connectivity index (χ4v) is 5.29. The molecule has 5 N–H and O–H groups in total. The Bertz CT molecular complexity index is 1600. The molecule has 8 heteroatoms. The first-order chi connectivity index (χ1) is 20.7. The molecule has 4 aromatic carbocycles. The number of carbonyl (C=O) groups excluding carboxylic acids is 3. The van der Waals surface area contributed by atoms with Crippen LogP contribution in [0.5, 0.6) is 0 Å². The molecule has 0 fully saturated rings. The number of hydrogen-bond acceptors (Lipinski definition) is 4. The van der Waals surface area contributed by atoms with E-state index >= 15 is 0 Å². The summed E-state index contributed by atoms with van der Waals surface area (Å²) in [5.41, 5.74) is 11.4. The van der Waals surface area contributed by atoms with Crippen molar-refractivity contribution < 1.29 is 14.4 Å². The predicted molar refractivity (Wildman–Crippen MR) is 172 cm³/mol. The Labute approximate surface area is 252 Å². The van der Waals surface area contributed by atoms with Crippen molar-refractivity contribution in [3.8, 4) is 11.1 Å². The van der Waals surface area contributed by atoms with E-state index in [0.717, 1.165) is 27.9 Å². The van der Waals surface area contributed by atoms with Gasteiger partial charge in [0.15, 0.2) is 0 Å². The number of nitrogens with two attached hydrogens (primary N) is 1. The van der Waals surface area contributed by atoms with Crippen molar-refractivity contribution >= 4 is 34.9 Å². The van der Waals surface area contributed by atoms with Crippen molar-refractivity contribution in [2.75, 3.05) is 15.5 Å². The van der Waals surface area contributed by atoms with E-state index in [0.29, 0.717) is 30.8 Å². The molecule has 0 aromatic heterocycles. The van der Waals surface area contributed by atoms with Crippen molar-refractivity contribution in [1.82, 2.24) is 5.32 Å². The van der Waals surface area contributed by atoms with Crippen LogP contribution in [0.4, 0.5) is 21.9 Å². The second-order valence-corrected chi connectivity index (χ2v) is 11.6. The maximum atomic E-state index is 13.8. The van der Waals surface area contributed by atoms with Crippen molar-refractivity contribution in [3.05, 3.63) is 114 Å². The van der Waals surface area contributed by atoms with Gasteiger partial charge >= 0.3 is 6.03 Å². The molecule has 0 saturated heterocycles. The summed E-state index contributed by atoms with van der Waals surface area (Å²) in [4.78, 5) is 40.9. The standard InChI is InChI=1S/C35H37N5O3/c1-35(2,36)22-32(41)38-30-21-20-26-10-6-9-15-31(26)40(33(30)42)23-24-16-18-25(19-17-24)28-13-7-8-14-29(28)39-34(43)37-27-11-4-3-5-12-27/h3-19,30H,20-23,36H2,1-2H3,(H,38,41)(H2,37,39,43)/t30-/m1/s1. The van der Waals surface area contributed by atoms with Gasteiger partial charge in [-0.3, -0.25) is 9.59 Å². The second kappa shape index (κ2) is 12.9. The summed E-state index contributed by atoms with van der Waals surface area (Å²) in [6.45, 7) is 3.94. The van der Waals surface area contributed by atoms with Gasteiger partial charge in [-0.1, -0.05) is 78.9 Å². The minimum atomic E-state index is -0.665. The highest BCUT2D eigenvalue weighted by Gasteiger charge is 2.32. The minimum Gasteiger partial charge on any atom is -0.344 e. The Hall–Kier alpha value is -4.95. The van der Waals surface area contributed by atoms with E-state index in [-0.39, 0.29) is 24.3 Å². The van der Waals surface area contributed by atoms with E-state index in [9.17, 15) is 14.4 Å². The first kappa shape index (κ1) is 29.5. The number of carbonyl (C=O) groups is 3. The number of para-hydroxylation sites is 3. The van der Waals surface area contributed by atoms with Gasteiger partial charge < -0.3 is 26.6 Å². The van der Waals surface area contributed by atoms with E-state index in [4.69, 9.17) is 5.73 Å². The summed E-state index contributed by atoms with van der Waals surface area (Å²) in [5, 5.41) is 8.73. The van der Waals surface area contributed by atoms with E-state index in [1.165, 1.54) is 0 Å². The van der Waals surface area contributed by atoms with E-state index in [1.807, 2.05) is 103 Å². The molecule has 0 bridgehead atoms. The van der Waals surface area contributed by atoms with Crippen LogP contribution in [-0.2, 0) is 22.6 Å². The average Bonchev–Trinajstić information content (AvgIpc) is 3.10. The van der Waals surface area contributed by atoms with Crippen LogP contribution in [-0.4, -0.2) is 29.4 Å². The zero-order chi connectivity index (χ0) is 30.4. The lowest BCUT2D eigenvalue weighted by Crippen LogP contribution is -2.49. The first-order valence-electron chi connectivity index (χ1n) is 14.5. The molecule has 4 amide bonds. The number of fused-ring (bicyclic) bond motifs is 1. The van der Waals surface area contributed by atoms with E-state index in [2.05, 4.69) is 16.0 Å². The molecule has 1 aliphatic heterocycles. The van der Waals surface area contributed by atoms with Gasteiger partial charge in [-0.2, -0.15) is 0 Å². The largest absolute Gasteiger partial charge is 0.344 e. The molecule has 220 valence electrons. The zero-order valence-corrected chi connectivity index (χ0v) is 24.5. The second-order valence-electron chi connectivity index (χ2n) is 11.6. The van der Waals surface area contributed by atoms with Gasteiger partial charge in [0.25, 0.3) is 0 Å². The molecule has 8 nitrogen and oxygen atoms in total. The number of amides is 4. The van der Waals surface area contributed by atoms with Gasteiger partial charge in [0, 0.05) is 28.9 Å². The van der Waals surface area contributed by atoms with Crippen LogP contribution >= 0.6 is 0 Å². The lowest BCUT2D eigenvalue weighted by atomic mass is 10.0. The van der Waals surface area contributed by atoms with Crippen LogP contribution in [0.2, 0.25) is 0 Å². The third-order valence-corrected chi connectivity index (χ3v) is 7.31. The Morgan fingerprint density at radius 3 is 2.28 bits per heavy atom. The number of anilines is 3. The predicted octanol–water partition coefficient (Wildman–Crippen LogP) is 6.09. The topological polar surface area (TPSA) is 117 Å². The Kier molecular flexibility index (Phi) is 8.87. The van der Waals surface area contributed by atoms with Crippen molar-refractivity contribution in [1.29, 1.82) is 0 Å². The molecule has 0 spiro atoms. The van der Waals surface area contributed by atoms with Crippen LogP contribution in [0.15, 0.2) is 103 Å². The smallest absolute Gasteiger partial charge is 0.323 e. The van der Waals surface area contributed by atoms with Gasteiger partial charge in [-0.15, -0.1) is 0 Å². The molecule has 1 heterocycles. The molecule has 0 aliphatic carbocycles. The van der Waals surface area contributed by atoms with E-state index in [1.54, 1.807) is 18.7 Å². The fraction of sp³-hybridized carbons (Fsp3) is 0.229. The van der Waals surface area contributed by atoms with E-state index < -0.39 is 11.6 Å². The monoisotopic (exact) mass is 575 g/mol. The maximum absolute atomic E-state index is 13.8. The normalized spacial score (nSPS) is 14.8. The lowest BCUT2D eigenvalue weighted by molar-refractivity contribution is -0.128. The van der Waals surface area contributed by atoms with Crippen LogP contribution in [0, 0.1) is 0 Å². The van der Waals surface area contributed by atoms with Crippen molar-refractivity contribution in [3.63, 3.8) is 0 Å². The average molecular weight is 576 g/mol. The number of hydrogen-bond donors (Lipinski definition) is 4. The summed E-state index contributed by atoms with van der Waals surface area (Å²) < 4.78 is 0. The molecule has 0 radical (unpaired) electrons. The van der Waals surface area contributed by atoms with Gasteiger partial charge in [-0.25, -0.2) is 4.79 Å². The van der Waals surface area contributed by atoms with Gasteiger partial charge in [-0.05, 0) is 67.6 Å². The molecule has 4 aromatic rings. The molecule has 43 heavy (non-hydrogen) atoms. The molecular weight excluding hydrogens is 538 g/mol. The molecule has 0 saturated carbocycles. The quantitative estimate of drug-likeness (QED) is 0.203. The van der Waals surface area contributed by atoms with Crippen molar-refractivity contribution in [2.45, 2.75) is 51.2 Å². The number of benzene rings is 4. The fourth-order valence-electron chi connectivity index (χ4n) is 5.29. The third-order valence-electron chi connectivity index (χ3n) is 7.31. The highest BCUT2D eigenvalue weighted by molar-refractivity contribution is 6.02. The van der Waals surface area contributed by atoms with Crippen molar-refractivity contribution in [2.24, 2.45) is 5.73 Å². The lowest BCUT2D eigenvalue weighted by Gasteiger charge is -2.27. The van der Waals surface area contributed by atoms with Gasteiger partial charge in [0.05, 0.1) is 12.2 Å².